The number of benzene rings is 1. The van der Waals surface area contributed by atoms with Gasteiger partial charge in [0.05, 0.1) is 0 Å². The van der Waals surface area contributed by atoms with E-state index in [4.69, 9.17) is 0 Å². The Morgan fingerprint density at radius 2 is 1.71 bits per heavy atom. The molecule has 17 heavy (non-hydrogen) atoms. The second-order valence-electron chi connectivity index (χ2n) is 3.74. The van der Waals surface area contributed by atoms with Crippen molar-refractivity contribution < 1.29 is 27.5 Å². The lowest BCUT2D eigenvalue weighted by atomic mass is 9.88. The largest absolute Gasteiger partial charge is 0.421 e. The third-order valence-electron chi connectivity index (χ3n) is 2.30. The molecule has 2 nitrogen and oxygen atoms in total. The number of rotatable bonds is 3. The predicted octanol–water partition coefficient (Wildman–Crippen LogP) is 2.55. The zero-order valence-electron chi connectivity index (χ0n) is 8.88. The monoisotopic (exact) mass is 250 g/mol. The molecule has 0 aliphatic rings. The molecule has 0 saturated heterocycles. The first-order chi connectivity index (χ1) is 7.67. The van der Waals surface area contributed by atoms with Crippen molar-refractivity contribution in [3.05, 3.63) is 35.6 Å². The van der Waals surface area contributed by atoms with Crippen molar-refractivity contribution in [2.75, 3.05) is 0 Å². The summed E-state index contributed by atoms with van der Waals surface area (Å²) in [6, 6.07) is 3.22. The van der Waals surface area contributed by atoms with E-state index in [-0.39, 0.29) is 0 Å². The maximum Gasteiger partial charge on any atom is 0.421 e. The van der Waals surface area contributed by atoms with Crippen LogP contribution >= 0.6 is 0 Å². The summed E-state index contributed by atoms with van der Waals surface area (Å²) in [6.07, 6.45) is -6.10. The van der Waals surface area contributed by atoms with Gasteiger partial charge in [0.25, 0.3) is 0 Å². The average molecular weight is 250 g/mol. The lowest BCUT2D eigenvalue weighted by Gasteiger charge is -2.30. The summed E-state index contributed by atoms with van der Waals surface area (Å²) < 4.78 is 50.9. The van der Waals surface area contributed by atoms with E-state index < -0.39 is 35.4 Å². The van der Waals surface area contributed by atoms with E-state index in [9.17, 15) is 27.5 Å². The zero-order valence-corrected chi connectivity index (χ0v) is 8.88. The number of hydrogen-bond acceptors (Lipinski definition) is 2. The minimum atomic E-state index is -5.00. The number of halogens is 4. The molecule has 1 N–H and O–H groups in total. The Labute approximate surface area is 94.9 Å². The third-order valence-corrected chi connectivity index (χ3v) is 2.30. The van der Waals surface area contributed by atoms with Crippen LogP contribution in [0.3, 0.4) is 0 Å². The van der Waals surface area contributed by atoms with E-state index in [2.05, 4.69) is 0 Å². The van der Waals surface area contributed by atoms with Gasteiger partial charge < -0.3 is 5.11 Å². The van der Waals surface area contributed by atoms with Crippen LogP contribution < -0.4 is 0 Å². The van der Waals surface area contributed by atoms with Crippen molar-refractivity contribution in [1.82, 2.24) is 0 Å². The van der Waals surface area contributed by atoms with Crippen LogP contribution in [0.25, 0.3) is 0 Å². The molecule has 1 rings (SSSR count). The second kappa shape index (κ2) is 4.44. The normalized spacial score (nSPS) is 15.4. The molecule has 0 amide bonds. The maximum absolute atomic E-state index is 12.8. The van der Waals surface area contributed by atoms with Gasteiger partial charge in [-0.2, -0.15) is 13.2 Å². The minimum absolute atomic E-state index is 0.554. The molecule has 1 atom stereocenters. The quantitative estimate of drug-likeness (QED) is 0.837. The van der Waals surface area contributed by atoms with Crippen molar-refractivity contribution in [1.29, 1.82) is 0 Å². The van der Waals surface area contributed by atoms with Gasteiger partial charge in [-0.15, -0.1) is 0 Å². The van der Waals surface area contributed by atoms with Gasteiger partial charge in [0.2, 0.25) is 0 Å². The van der Waals surface area contributed by atoms with Crippen LogP contribution in [-0.4, -0.2) is 17.1 Å². The number of hydrogen-bond donors (Lipinski definition) is 1. The average Bonchev–Trinajstić information content (AvgIpc) is 2.15. The van der Waals surface area contributed by atoms with Gasteiger partial charge in [-0.25, -0.2) is 4.39 Å². The molecule has 0 radical (unpaired) electrons. The molecule has 6 heteroatoms. The molecular weight excluding hydrogens is 240 g/mol. The SMILES string of the molecule is CC(=O)CC(O)(c1ccc(F)cc1)C(F)(F)F. The van der Waals surface area contributed by atoms with Crippen LogP contribution in [0.4, 0.5) is 17.6 Å². The lowest BCUT2D eigenvalue weighted by molar-refractivity contribution is -0.267. The molecule has 0 bridgehead atoms. The Hall–Kier alpha value is -1.43. The minimum Gasteiger partial charge on any atom is -0.376 e. The number of aliphatic hydroxyl groups is 1. The van der Waals surface area contributed by atoms with Crippen LogP contribution in [0.15, 0.2) is 24.3 Å². The van der Waals surface area contributed by atoms with E-state index in [1.807, 2.05) is 0 Å². The molecule has 0 aliphatic carbocycles. The molecule has 0 aliphatic heterocycles. The Bertz CT molecular complexity index is 410. The van der Waals surface area contributed by atoms with Crippen molar-refractivity contribution in [2.24, 2.45) is 0 Å². The Morgan fingerprint density at radius 1 is 1.24 bits per heavy atom. The topological polar surface area (TPSA) is 37.3 Å². The number of carbonyl (C=O) groups is 1. The molecular formula is C11H10F4O2. The Balaban J connectivity index is 3.24. The summed E-state index contributed by atoms with van der Waals surface area (Å²) in [5.41, 5.74) is -3.83. The molecule has 1 aromatic carbocycles. The molecule has 0 spiro atoms. The van der Waals surface area contributed by atoms with Gasteiger partial charge in [0, 0.05) is 6.42 Å². The summed E-state index contributed by atoms with van der Waals surface area (Å²) in [5, 5.41) is 9.61. The Morgan fingerprint density at radius 3 is 2.06 bits per heavy atom. The van der Waals surface area contributed by atoms with Gasteiger partial charge in [-0.05, 0) is 24.6 Å². The smallest absolute Gasteiger partial charge is 0.376 e. The van der Waals surface area contributed by atoms with E-state index >= 15 is 0 Å². The van der Waals surface area contributed by atoms with Crippen molar-refractivity contribution in [3.8, 4) is 0 Å². The van der Waals surface area contributed by atoms with Gasteiger partial charge in [-0.1, -0.05) is 12.1 Å². The first-order valence-corrected chi connectivity index (χ1v) is 4.71. The van der Waals surface area contributed by atoms with Crippen molar-refractivity contribution in [3.63, 3.8) is 0 Å². The van der Waals surface area contributed by atoms with Crippen LogP contribution in [0.5, 0.6) is 0 Å². The summed E-state index contributed by atoms with van der Waals surface area (Å²) in [5.74, 6) is -1.53. The zero-order chi connectivity index (χ0) is 13.3. The van der Waals surface area contributed by atoms with E-state index in [0.29, 0.717) is 0 Å². The van der Waals surface area contributed by atoms with E-state index in [1.54, 1.807) is 0 Å². The van der Waals surface area contributed by atoms with Gasteiger partial charge >= 0.3 is 6.18 Å². The van der Waals surface area contributed by atoms with Crippen LogP contribution in [0.1, 0.15) is 18.9 Å². The van der Waals surface area contributed by atoms with Crippen molar-refractivity contribution in [2.45, 2.75) is 25.1 Å². The second-order valence-corrected chi connectivity index (χ2v) is 3.74. The van der Waals surface area contributed by atoms with E-state index in [1.165, 1.54) is 0 Å². The van der Waals surface area contributed by atoms with Crippen LogP contribution in [0.2, 0.25) is 0 Å². The lowest BCUT2D eigenvalue weighted by Crippen LogP contribution is -2.43. The van der Waals surface area contributed by atoms with Gasteiger partial charge in [0.1, 0.15) is 11.6 Å². The first kappa shape index (κ1) is 13.6. The molecule has 1 unspecified atom stereocenters. The van der Waals surface area contributed by atoms with Gasteiger partial charge in [-0.3, -0.25) is 4.79 Å². The molecule has 0 fully saturated rings. The highest BCUT2D eigenvalue weighted by atomic mass is 19.4. The highest BCUT2D eigenvalue weighted by Crippen LogP contribution is 2.41. The first-order valence-electron chi connectivity index (χ1n) is 4.71. The fraction of sp³-hybridized carbons (Fsp3) is 0.364. The summed E-state index contributed by atoms with van der Waals surface area (Å²) in [7, 11) is 0. The molecule has 94 valence electrons. The number of Topliss-reactive ketones (excluding diaryl/α,β-unsaturated/α-hetero) is 1. The molecule has 0 heterocycles. The van der Waals surface area contributed by atoms with E-state index in [0.717, 1.165) is 31.2 Å². The fourth-order valence-corrected chi connectivity index (χ4v) is 1.45. The summed E-state index contributed by atoms with van der Waals surface area (Å²) in [6.45, 7) is 0.945. The van der Waals surface area contributed by atoms with Crippen molar-refractivity contribution >= 4 is 5.78 Å². The van der Waals surface area contributed by atoms with Crippen LogP contribution in [-0.2, 0) is 10.4 Å². The van der Waals surface area contributed by atoms with Crippen LogP contribution in [0, 0.1) is 5.82 Å². The summed E-state index contributed by atoms with van der Waals surface area (Å²) in [4.78, 5) is 10.8. The molecule has 1 aromatic rings. The number of alkyl halides is 3. The highest BCUT2D eigenvalue weighted by Gasteiger charge is 2.55. The summed E-state index contributed by atoms with van der Waals surface area (Å²) >= 11 is 0. The number of ketones is 1. The highest BCUT2D eigenvalue weighted by molar-refractivity contribution is 5.77. The predicted molar refractivity (Wildman–Crippen MR) is 51.6 cm³/mol. The fourth-order valence-electron chi connectivity index (χ4n) is 1.45. The molecule has 0 saturated carbocycles. The standard InChI is InChI=1S/C11H10F4O2/c1-7(16)6-10(17,11(13,14)15)8-2-4-9(12)5-3-8/h2-5,17H,6H2,1H3. The third kappa shape index (κ3) is 2.82. The number of carbonyl (C=O) groups excluding carboxylic acids is 1. The Kier molecular flexibility index (Phi) is 3.56. The van der Waals surface area contributed by atoms with Gasteiger partial charge in [0.15, 0.2) is 5.60 Å². The molecule has 0 aromatic heterocycles. The maximum atomic E-state index is 12.8.